The summed E-state index contributed by atoms with van der Waals surface area (Å²) in [5, 5.41) is 1.81. The Kier molecular flexibility index (Phi) is 17.0. The average molecular weight is 848 g/mol. The Morgan fingerprint density at radius 2 is 1.08 bits per heavy atom. The quantitative estimate of drug-likeness (QED) is 0.142. The fraction of sp³-hybridized carbons (Fsp3) is 0.476. The number of halogens is 3. The number of carbonyl (C=O) groups is 4. The third-order valence-electron chi connectivity index (χ3n) is 9.34. The first kappa shape index (κ1) is 46.1. The molecule has 0 spiro atoms. The third kappa shape index (κ3) is 13.3. The first-order valence-electron chi connectivity index (χ1n) is 19.0. The Balaban J connectivity index is 1.60. The van der Waals surface area contributed by atoms with E-state index in [-0.39, 0.29) is 26.4 Å². The van der Waals surface area contributed by atoms with Gasteiger partial charge in [-0.1, -0.05) is 91.0 Å². The Morgan fingerprint density at radius 1 is 0.600 bits per heavy atom. The molecule has 0 saturated carbocycles. The van der Waals surface area contributed by atoms with Gasteiger partial charge in [0.05, 0.1) is 26.4 Å². The van der Waals surface area contributed by atoms with Gasteiger partial charge in [-0.25, -0.2) is 0 Å². The molecule has 0 aromatic heterocycles. The fourth-order valence-electron chi connectivity index (χ4n) is 6.69. The predicted octanol–water partition coefficient (Wildman–Crippen LogP) is 4.33. The van der Waals surface area contributed by atoms with E-state index < -0.39 is 97.9 Å². The van der Waals surface area contributed by atoms with Gasteiger partial charge in [0.2, 0.25) is 0 Å². The van der Waals surface area contributed by atoms with Crippen molar-refractivity contribution in [1.82, 2.24) is 5.32 Å². The monoisotopic (exact) mass is 847 g/mol. The highest BCUT2D eigenvalue weighted by atomic mass is 19.4. The lowest BCUT2D eigenvalue weighted by Crippen LogP contribution is -2.70. The van der Waals surface area contributed by atoms with Crippen molar-refractivity contribution in [3.8, 4) is 0 Å². The van der Waals surface area contributed by atoms with Crippen LogP contribution in [0.25, 0.3) is 0 Å². The average Bonchev–Trinajstić information content (AvgIpc) is 3.21. The molecule has 10 atom stereocenters. The van der Waals surface area contributed by atoms with E-state index in [9.17, 15) is 32.3 Å². The van der Waals surface area contributed by atoms with Crippen molar-refractivity contribution in [2.75, 3.05) is 20.3 Å². The number of carbonyl (C=O) groups excluding carboxylic acids is 4. The summed E-state index contributed by atoms with van der Waals surface area (Å²) in [6.45, 7) is 2.32. The molecule has 0 bridgehead atoms. The van der Waals surface area contributed by atoms with E-state index >= 15 is 0 Å². The summed E-state index contributed by atoms with van der Waals surface area (Å²) in [5.41, 5.74) is 2.33. The zero-order valence-electron chi connectivity index (χ0n) is 33.3. The van der Waals surface area contributed by atoms with Gasteiger partial charge in [-0.2, -0.15) is 13.2 Å². The summed E-state index contributed by atoms with van der Waals surface area (Å²) in [6, 6.07) is 25.4. The number of hydrogen-bond acceptors (Lipinski definition) is 14. The highest BCUT2D eigenvalue weighted by molar-refractivity contribution is 5.82. The molecule has 2 aliphatic heterocycles. The van der Waals surface area contributed by atoms with Gasteiger partial charge in [-0.05, 0) is 16.7 Å². The van der Waals surface area contributed by atoms with Crippen LogP contribution in [0.3, 0.4) is 0 Å². The van der Waals surface area contributed by atoms with E-state index in [2.05, 4.69) is 0 Å². The molecule has 2 aliphatic rings. The number of alkyl halides is 3. The molecule has 2 heterocycles. The van der Waals surface area contributed by atoms with Crippen molar-refractivity contribution in [3.05, 3.63) is 108 Å². The van der Waals surface area contributed by atoms with Crippen LogP contribution < -0.4 is 5.32 Å². The van der Waals surface area contributed by atoms with Gasteiger partial charge in [0, 0.05) is 27.9 Å². The number of benzene rings is 3. The smallest absolute Gasteiger partial charge is 0.463 e. The van der Waals surface area contributed by atoms with Crippen LogP contribution in [0.5, 0.6) is 0 Å². The number of hydrogen-bond donors (Lipinski definition) is 1. The maximum absolute atomic E-state index is 14.0. The lowest BCUT2D eigenvalue weighted by molar-refractivity contribution is -0.356. The lowest BCUT2D eigenvalue weighted by atomic mass is 9.94. The second kappa shape index (κ2) is 22.1. The van der Waals surface area contributed by atoms with E-state index in [0.717, 1.165) is 37.5 Å². The van der Waals surface area contributed by atoms with Crippen LogP contribution in [0.15, 0.2) is 91.0 Å². The molecule has 0 aliphatic carbocycles. The van der Waals surface area contributed by atoms with Gasteiger partial charge in [0.1, 0.15) is 43.2 Å². The van der Waals surface area contributed by atoms with E-state index in [1.807, 2.05) is 84.2 Å². The highest BCUT2D eigenvalue weighted by Crippen LogP contribution is 2.35. The first-order valence-corrected chi connectivity index (χ1v) is 19.0. The number of rotatable bonds is 18. The van der Waals surface area contributed by atoms with Crippen LogP contribution in [0.2, 0.25) is 0 Å². The number of ether oxygens (including phenoxy) is 10. The molecule has 60 heavy (non-hydrogen) atoms. The number of nitrogens with one attached hydrogen (secondary N) is 1. The normalized spacial score (nSPS) is 26.7. The largest absolute Gasteiger partial charge is 0.471 e. The van der Waals surface area contributed by atoms with Crippen LogP contribution in [-0.4, -0.2) is 112 Å². The molecule has 5 rings (SSSR count). The van der Waals surface area contributed by atoms with Crippen molar-refractivity contribution in [2.45, 2.75) is 108 Å². The summed E-state index contributed by atoms with van der Waals surface area (Å²) in [7, 11) is 1.40. The molecule has 0 radical (unpaired) electrons. The molecular formula is C42H48F3NO14. The number of esters is 3. The topological polar surface area (TPSA) is 173 Å². The molecule has 0 unspecified atom stereocenters. The summed E-state index contributed by atoms with van der Waals surface area (Å²) >= 11 is 0. The summed E-state index contributed by atoms with van der Waals surface area (Å²) in [6.07, 6.45) is -18.4. The minimum atomic E-state index is -5.44. The minimum Gasteiger partial charge on any atom is -0.463 e. The van der Waals surface area contributed by atoms with Gasteiger partial charge >= 0.3 is 30.0 Å². The zero-order chi connectivity index (χ0) is 43.2. The van der Waals surface area contributed by atoms with E-state index in [0.29, 0.717) is 0 Å². The van der Waals surface area contributed by atoms with E-state index in [1.54, 1.807) is 12.1 Å². The predicted molar refractivity (Wildman–Crippen MR) is 201 cm³/mol. The van der Waals surface area contributed by atoms with E-state index in [1.165, 1.54) is 7.11 Å². The molecule has 18 heteroatoms. The molecule has 2 fully saturated rings. The molecule has 15 nitrogen and oxygen atoms in total. The molecule has 3 aromatic carbocycles. The van der Waals surface area contributed by atoms with Crippen LogP contribution in [0.4, 0.5) is 13.2 Å². The number of methoxy groups -OCH3 is 1. The molecule has 3 aromatic rings. The molecule has 326 valence electrons. The van der Waals surface area contributed by atoms with Crippen molar-refractivity contribution in [3.63, 3.8) is 0 Å². The highest BCUT2D eigenvalue weighted by Gasteiger charge is 2.57. The zero-order valence-corrected chi connectivity index (χ0v) is 33.3. The van der Waals surface area contributed by atoms with Gasteiger partial charge in [0.15, 0.2) is 24.8 Å². The molecule has 2 saturated heterocycles. The third-order valence-corrected chi connectivity index (χ3v) is 9.34. The van der Waals surface area contributed by atoms with Crippen LogP contribution in [0, 0.1) is 0 Å². The lowest BCUT2D eigenvalue weighted by Gasteiger charge is -2.49. The van der Waals surface area contributed by atoms with Gasteiger partial charge in [-0.15, -0.1) is 0 Å². The van der Waals surface area contributed by atoms with Gasteiger partial charge in [0.25, 0.3) is 0 Å². The van der Waals surface area contributed by atoms with Gasteiger partial charge in [-0.3, -0.25) is 19.2 Å². The second-order valence-corrected chi connectivity index (χ2v) is 13.9. The van der Waals surface area contributed by atoms with Crippen molar-refractivity contribution in [1.29, 1.82) is 0 Å². The van der Waals surface area contributed by atoms with Gasteiger partial charge < -0.3 is 52.7 Å². The van der Waals surface area contributed by atoms with Crippen molar-refractivity contribution >= 4 is 23.8 Å². The maximum atomic E-state index is 14.0. The summed E-state index contributed by atoms with van der Waals surface area (Å²) in [4.78, 5) is 49.6. The standard InChI is InChI=1S/C42H48F3NO14/c1-25(47)53-24-32-34(56-26(2)48)36(57-27(3)49)33(46-41(50)42(43,44)45)39(58-32)60-35-31(23-52-20-28-14-8-5-9-15-28)59-40(51-4)38(55-22-30-18-12-7-13-19-30)37(35)54-21-29-16-10-6-11-17-29/h5-19,31-40H,20-24H2,1-4H3,(H,46,50)/t31-,32-,33-,34-,35-,36-,37+,38-,39+,40+/m1/s1. The van der Waals surface area contributed by atoms with E-state index in [4.69, 9.17) is 47.4 Å². The first-order chi connectivity index (χ1) is 28.7. The van der Waals surface area contributed by atoms with Crippen molar-refractivity contribution in [2.24, 2.45) is 0 Å². The summed E-state index contributed by atoms with van der Waals surface area (Å²) in [5.74, 6) is -5.22. The maximum Gasteiger partial charge on any atom is 0.471 e. The Bertz CT molecular complexity index is 1820. The Hall–Kier alpha value is -4.95. The minimum absolute atomic E-state index is 0.0238. The van der Waals surface area contributed by atoms with Crippen LogP contribution >= 0.6 is 0 Å². The fourth-order valence-corrected chi connectivity index (χ4v) is 6.69. The second-order valence-electron chi connectivity index (χ2n) is 13.9. The summed E-state index contributed by atoms with van der Waals surface area (Å²) < 4.78 is 102. The van der Waals surface area contributed by atoms with Crippen molar-refractivity contribution < 1.29 is 79.7 Å². The Labute approximate surface area is 344 Å². The van der Waals surface area contributed by atoms with Crippen LogP contribution in [0.1, 0.15) is 37.5 Å². The SMILES string of the molecule is CO[C@H]1O[C@H](COCc2ccccc2)[C@@H](O[C@@H]2O[C@H](COC(C)=O)[C@@H](OC(C)=O)[C@H](OC(C)=O)[C@H]2NC(=O)C(F)(F)F)[C@H](OCc2ccccc2)[C@H]1OCc1ccccc1. The molecule has 1 amide bonds. The van der Waals surface area contributed by atoms with Crippen LogP contribution in [-0.2, 0) is 86.4 Å². The number of amides is 1. The molecular weight excluding hydrogens is 799 g/mol. The molecule has 1 N–H and O–H groups in total. The Morgan fingerprint density at radius 3 is 1.58 bits per heavy atom.